The van der Waals surface area contributed by atoms with Gasteiger partial charge in [0.2, 0.25) is 0 Å². The summed E-state index contributed by atoms with van der Waals surface area (Å²) >= 11 is 0. The van der Waals surface area contributed by atoms with Crippen LogP contribution in [0.3, 0.4) is 0 Å². The number of rotatable bonds is 2. The largest absolute Gasteiger partial charge is 0.498 e. The summed E-state index contributed by atoms with van der Waals surface area (Å²) in [5.41, 5.74) is 0.446. The second-order valence-corrected chi connectivity index (χ2v) is 7.67. The maximum atomic E-state index is 6.10. The predicted octanol–water partition coefficient (Wildman–Crippen LogP) is 2.93. The van der Waals surface area contributed by atoms with Gasteiger partial charge in [0.05, 0.1) is 17.2 Å². The molecule has 1 aromatic rings. The fourth-order valence-corrected chi connectivity index (χ4v) is 3.32. The smallest absolute Gasteiger partial charge is 0.399 e. The molecule has 0 aromatic carbocycles. The Labute approximate surface area is 128 Å². The summed E-state index contributed by atoms with van der Waals surface area (Å²) in [4.78, 5) is 0. The lowest BCUT2D eigenvalue weighted by Gasteiger charge is -2.32. The zero-order chi connectivity index (χ0) is 15.3. The third kappa shape index (κ3) is 2.66. The Morgan fingerprint density at radius 1 is 1.14 bits per heavy atom. The quantitative estimate of drug-likeness (QED) is 0.786. The number of hydrogen-bond donors (Lipinski definition) is 0. The summed E-state index contributed by atoms with van der Waals surface area (Å²) in [7, 11) is -0.303. The van der Waals surface area contributed by atoms with Gasteiger partial charge in [-0.05, 0) is 46.5 Å². The molecule has 2 aliphatic rings. The zero-order valence-electron chi connectivity index (χ0n) is 13.9. The Hall–Kier alpha value is -0.805. The van der Waals surface area contributed by atoms with Crippen molar-refractivity contribution in [2.24, 2.45) is 5.92 Å². The highest BCUT2D eigenvalue weighted by atomic mass is 16.7. The van der Waals surface area contributed by atoms with Crippen LogP contribution < -0.4 is 5.46 Å². The van der Waals surface area contributed by atoms with Gasteiger partial charge in [-0.25, -0.2) is 0 Å². The molecule has 2 heterocycles. The zero-order valence-corrected chi connectivity index (χ0v) is 13.9. The van der Waals surface area contributed by atoms with E-state index in [1.54, 1.807) is 0 Å². The minimum Gasteiger partial charge on any atom is -0.399 e. The molecule has 1 saturated heterocycles. The van der Waals surface area contributed by atoms with E-state index in [9.17, 15) is 0 Å². The Kier molecular flexibility index (Phi) is 3.69. The average Bonchev–Trinajstić information content (AvgIpc) is 2.94. The first-order valence-corrected chi connectivity index (χ1v) is 8.20. The highest BCUT2D eigenvalue weighted by molar-refractivity contribution is 6.61. The van der Waals surface area contributed by atoms with Crippen LogP contribution in [0, 0.1) is 5.92 Å². The molecule has 1 saturated carbocycles. The van der Waals surface area contributed by atoms with Crippen molar-refractivity contribution in [1.82, 2.24) is 9.78 Å². The van der Waals surface area contributed by atoms with E-state index in [0.29, 0.717) is 12.0 Å². The van der Waals surface area contributed by atoms with E-state index >= 15 is 0 Å². The molecule has 1 aliphatic heterocycles. The minimum absolute atomic E-state index is 0.294. The molecule has 5 heteroatoms. The fraction of sp³-hybridized carbons (Fsp3) is 0.812. The summed E-state index contributed by atoms with van der Waals surface area (Å²) in [6, 6.07) is 0.523. The van der Waals surface area contributed by atoms with E-state index in [0.717, 1.165) is 5.46 Å². The molecule has 4 nitrogen and oxygen atoms in total. The van der Waals surface area contributed by atoms with Crippen LogP contribution in [-0.4, -0.2) is 28.1 Å². The van der Waals surface area contributed by atoms with Crippen LogP contribution in [0.1, 0.15) is 66.3 Å². The van der Waals surface area contributed by atoms with Crippen LogP contribution in [0.2, 0.25) is 0 Å². The molecule has 0 spiro atoms. The summed E-state index contributed by atoms with van der Waals surface area (Å²) in [6.07, 6.45) is 9.21. The lowest BCUT2D eigenvalue weighted by molar-refractivity contribution is 0.00578. The van der Waals surface area contributed by atoms with Gasteiger partial charge in [0, 0.05) is 17.9 Å². The minimum atomic E-state index is -0.303. The molecular formula is C16H27BN2O2. The van der Waals surface area contributed by atoms with Crippen molar-refractivity contribution >= 4 is 12.6 Å². The van der Waals surface area contributed by atoms with Gasteiger partial charge in [-0.3, -0.25) is 4.68 Å². The molecule has 116 valence electrons. The Bertz CT molecular complexity index is 496. The lowest BCUT2D eigenvalue weighted by atomic mass is 9.81. The third-order valence-corrected chi connectivity index (χ3v) is 5.55. The normalized spacial score (nSPS) is 31.6. The molecule has 1 aliphatic carbocycles. The van der Waals surface area contributed by atoms with Gasteiger partial charge in [0.25, 0.3) is 0 Å². The number of hydrogen-bond acceptors (Lipinski definition) is 3. The maximum absolute atomic E-state index is 6.10. The van der Waals surface area contributed by atoms with Crippen molar-refractivity contribution in [3.8, 4) is 0 Å². The first-order chi connectivity index (χ1) is 9.80. The van der Waals surface area contributed by atoms with Gasteiger partial charge in [0.1, 0.15) is 0 Å². The molecule has 1 aromatic heterocycles. The Balaban J connectivity index is 1.77. The Morgan fingerprint density at radius 3 is 2.38 bits per heavy atom. The molecule has 0 N–H and O–H groups in total. The molecular weight excluding hydrogens is 263 g/mol. The molecule has 3 rings (SSSR count). The van der Waals surface area contributed by atoms with Crippen LogP contribution in [0.15, 0.2) is 12.4 Å². The molecule has 21 heavy (non-hydrogen) atoms. The predicted molar refractivity (Wildman–Crippen MR) is 84.6 cm³/mol. The first kappa shape index (κ1) is 15.1. The van der Waals surface area contributed by atoms with E-state index in [2.05, 4.69) is 50.6 Å². The second kappa shape index (κ2) is 5.13. The maximum Gasteiger partial charge on any atom is 0.498 e. The highest BCUT2D eigenvalue weighted by Crippen LogP contribution is 2.37. The van der Waals surface area contributed by atoms with E-state index in [-0.39, 0.29) is 18.3 Å². The molecule has 0 amide bonds. The fourth-order valence-electron chi connectivity index (χ4n) is 3.32. The summed E-state index contributed by atoms with van der Waals surface area (Å²) < 4.78 is 14.3. The monoisotopic (exact) mass is 290 g/mol. The summed E-state index contributed by atoms with van der Waals surface area (Å²) in [6.45, 7) is 10.7. The molecule has 1 unspecified atom stereocenters. The first-order valence-electron chi connectivity index (χ1n) is 8.20. The van der Waals surface area contributed by atoms with Gasteiger partial charge in [-0.2, -0.15) is 5.10 Å². The van der Waals surface area contributed by atoms with E-state index in [4.69, 9.17) is 9.31 Å². The van der Waals surface area contributed by atoms with Crippen molar-refractivity contribution in [2.75, 3.05) is 0 Å². The topological polar surface area (TPSA) is 36.3 Å². The second-order valence-electron chi connectivity index (χ2n) is 7.67. The van der Waals surface area contributed by atoms with E-state index < -0.39 is 0 Å². The number of aromatic nitrogens is 2. The molecule has 2 fully saturated rings. The third-order valence-electron chi connectivity index (χ3n) is 5.55. The molecule has 0 radical (unpaired) electrons. The van der Waals surface area contributed by atoms with Crippen LogP contribution in [0.4, 0.5) is 0 Å². The van der Waals surface area contributed by atoms with Crippen LogP contribution >= 0.6 is 0 Å². The van der Waals surface area contributed by atoms with Crippen LogP contribution in [0.5, 0.6) is 0 Å². The van der Waals surface area contributed by atoms with Crippen molar-refractivity contribution in [3.05, 3.63) is 12.4 Å². The van der Waals surface area contributed by atoms with Crippen LogP contribution in [0.25, 0.3) is 0 Å². The number of nitrogens with zero attached hydrogens (tertiary/aromatic N) is 2. The van der Waals surface area contributed by atoms with E-state index in [1.807, 2.05) is 6.20 Å². The van der Waals surface area contributed by atoms with Crippen molar-refractivity contribution < 1.29 is 9.31 Å². The molecule has 2 atom stereocenters. The van der Waals surface area contributed by atoms with Gasteiger partial charge in [-0.15, -0.1) is 0 Å². The van der Waals surface area contributed by atoms with Crippen molar-refractivity contribution in [3.63, 3.8) is 0 Å². The standard InChI is InChI=1S/C16H27BN2O2/c1-12-8-6-7-9-14(12)19-11-13(10-18-19)17-20-15(2,3)16(4,5)21-17/h10-12,14H,6-9H2,1-5H3/t12-,14?/m1/s1. The van der Waals surface area contributed by atoms with Gasteiger partial charge < -0.3 is 9.31 Å². The molecule has 0 bridgehead atoms. The lowest BCUT2D eigenvalue weighted by Crippen LogP contribution is -2.41. The van der Waals surface area contributed by atoms with Gasteiger partial charge >= 0.3 is 7.12 Å². The highest BCUT2D eigenvalue weighted by Gasteiger charge is 2.52. The SMILES string of the molecule is C[C@@H]1CCCCC1n1cc(B2OC(C)(C)C(C)(C)O2)cn1. The van der Waals surface area contributed by atoms with Crippen LogP contribution in [-0.2, 0) is 9.31 Å². The van der Waals surface area contributed by atoms with E-state index in [1.165, 1.54) is 25.7 Å². The van der Waals surface area contributed by atoms with Gasteiger partial charge in [-0.1, -0.05) is 19.8 Å². The summed E-state index contributed by atoms with van der Waals surface area (Å²) in [5, 5.41) is 4.59. The van der Waals surface area contributed by atoms with Crippen molar-refractivity contribution in [2.45, 2.75) is 77.5 Å². The summed E-state index contributed by atoms with van der Waals surface area (Å²) in [5.74, 6) is 0.699. The van der Waals surface area contributed by atoms with Crippen molar-refractivity contribution in [1.29, 1.82) is 0 Å². The Morgan fingerprint density at radius 2 is 1.76 bits per heavy atom. The average molecular weight is 290 g/mol. The van der Waals surface area contributed by atoms with Gasteiger partial charge in [0.15, 0.2) is 0 Å².